The van der Waals surface area contributed by atoms with Crippen LogP contribution >= 0.6 is 11.3 Å². The van der Waals surface area contributed by atoms with Crippen molar-refractivity contribution in [1.82, 2.24) is 0 Å². The maximum Gasteiger partial charge on any atom is 0.0554 e. The molecular formula is C11H12N2S. The minimum absolute atomic E-state index is 0.640. The van der Waals surface area contributed by atoms with Crippen molar-refractivity contribution in [3.8, 4) is 11.1 Å². The molecule has 3 heteroatoms. The van der Waals surface area contributed by atoms with Crippen LogP contribution in [0.4, 0.5) is 11.4 Å². The van der Waals surface area contributed by atoms with Gasteiger partial charge in [-0.15, -0.1) is 11.3 Å². The summed E-state index contributed by atoms with van der Waals surface area (Å²) in [6.45, 7) is 2.10. The van der Waals surface area contributed by atoms with E-state index in [0.29, 0.717) is 11.4 Å². The van der Waals surface area contributed by atoms with Gasteiger partial charge in [0, 0.05) is 4.88 Å². The van der Waals surface area contributed by atoms with E-state index in [1.54, 1.807) is 11.3 Å². The lowest BCUT2D eigenvalue weighted by atomic mass is 10.1. The number of nitrogens with two attached hydrogens (primary N) is 2. The smallest absolute Gasteiger partial charge is 0.0554 e. The molecule has 0 saturated heterocycles. The number of hydrogen-bond donors (Lipinski definition) is 2. The molecule has 72 valence electrons. The summed E-state index contributed by atoms with van der Waals surface area (Å²) >= 11 is 1.74. The van der Waals surface area contributed by atoms with Crippen LogP contribution in [0.15, 0.2) is 29.6 Å². The van der Waals surface area contributed by atoms with Crippen LogP contribution < -0.4 is 11.5 Å². The first-order chi connectivity index (χ1) is 6.68. The van der Waals surface area contributed by atoms with Gasteiger partial charge in [0.15, 0.2) is 0 Å². The Morgan fingerprint density at radius 1 is 1.07 bits per heavy atom. The largest absolute Gasteiger partial charge is 0.397 e. The zero-order valence-corrected chi connectivity index (χ0v) is 8.77. The molecule has 1 aromatic carbocycles. The second-order valence-corrected chi connectivity index (χ2v) is 4.35. The number of rotatable bonds is 1. The number of nitrogen functional groups attached to an aromatic ring is 2. The number of hydrogen-bond acceptors (Lipinski definition) is 3. The van der Waals surface area contributed by atoms with Crippen molar-refractivity contribution >= 4 is 22.7 Å². The van der Waals surface area contributed by atoms with Crippen LogP contribution in [-0.2, 0) is 0 Å². The predicted octanol–water partition coefficient (Wildman–Crippen LogP) is 2.89. The predicted molar refractivity (Wildman–Crippen MR) is 63.3 cm³/mol. The summed E-state index contributed by atoms with van der Waals surface area (Å²) in [6, 6.07) is 7.87. The van der Waals surface area contributed by atoms with E-state index in [1.807, 2.05) is 18.2 Å². The topological polar surface area (TPSA) is 52.0 Å². The van der Waals surface area contributed by atoms with Crippen LogP contribution in [-0.4, -0.2) is 0 Å². The zero-order valence-electron chi connectivity index (χ0n) is 7.95. The minimum atomic E-state index is 0.640. The highest BCUT2D eigenvalue weighted by atomic mass is 32.1. The van der Waals surface area contributed by atoms with E-state index in [2.05, 4.69) is 18.4 Å². The third-order valence-corrected chi connectivity index (χ3v) is 3.10. The van der Waals surface area contributed by atoms with E-state index in [-0.39, 0.29) is 0 Å². The molecule has 0 aliphatic rings. The van der Waals surface area contributed by atoms with E-state index in [9.17, 15) is 0 Å². The zero-order chi connectivity index (χ0) is 10.1. The molecule has 0 unspecified atom stereocenters. The molecule has 0 amide bonds. The Kier molecular flexibility index (Phi) is 2.17. The molecule has 2 aromatic rings. The minimum Gasteiger partial charge on any atom is -0.397 e. The lowest BCUT2D eigenvalue weighted by Gasteiger charge is -2.04. The van der Waals surface area contributed by atoms with Crippen LogP contribution in [0.5, 0.6) is 0 Å². The van der Waals surface area contributed by atoms with Crippen LogP contribution in [0.1, 0.15) is 4.88 Å². The number of anilines is 2. The van der Waals surface area contributed by atoms with Gasteiger partial charge in [-0.1, -0.05) is 6.07 Å². The summed E-state index contributed by atoms with van der Waals surface area (Å²) in [5, 5.41) is 2.08. The Morgan fingerprint density at radius 2 is 1.86 bits per heavy atom. The quantitative estimate of drug-likeness (QED) is 0.702. The maximum atomic E-state index is 5.76. The average Bonchev–Trinajstić information content (AvgIpc) is 2.57. The molecule has 0 saturated carbocycles. The van der Waals surface area contributed by atoms with Gasteiger partial charge in [-0.25, -0.2) is 0 Å². The highest BCUT2D eigenvalue weighted by molar-refractivity contribution is 7.10. The van der Waals surface area contributed by atoms with Crippen LogP contribution in [0.25, 0.3) is 11.1 Å². The van der Waals surface area contributed by atoms with Gasteiger partial charge in [0.05, 0.1) is 11.4 Å². The summed E-state index contributed by atoms with van der Waals surface area (Å²) < 4.78 is 0. The summed E-state index contributed by atoms with van der Waals surface area (Å²) in [7, 11) is 0. The third kappa shape index (κ3) is 1.46. The third-order valence-electron chi connectivity index (χ3n) is 2.26. The monoisotopic (exact) mass is 204 g/mol. The highest BCUT2D eigenvalue weighted by Crippen LogP contribution is 2.30. The molecule has 0 fully saturated rings. The average molecular weight is 204 g/mol. The Labute approximate surface area is 87.2 Å². The van der Waals surface area contributed by atoms with E-state index in [0.717, 1.165) is 5.56 Å². The number of aryl methyl sites for hydroxylation is 1. The Balaban J connectivity index is 2.53. The van der Waals surface area contributed by atoms with Crippen molar-refractivity contribution in [3.05, 3.63) is 34.5 Å². The molecule has 0 aliphatic carbocycles. The van der Waals surface area contributed by atoms with Gasteiger partial charge in [-0.2, -0.15) is 0 Å². The second-order valence-electron chi connectivity index (χ2n) is 3.23. The van der Waals surface area contributed by atoms with Gasteiger partial charge in [-0.3, -0.25) is 0 Å². The van der Waals surface area contributed by atoms with Gasteiger partial charge in [-0.05, 0) is 41.6 Å². The van der Waals surface area contributed by atoms with Crippen LogP contribution in [0.2, 0.25) is 0 Å². The van der Waals surface area contributed by atoms with Crippen molar-refractivity contribution in [2.75, 3.05) is 11.5 Å². The summed E-state index contributed by atoms with van der Waals surface area (Å²) in [5.74, 6) is 0. The lowest BCUT2D eigenvalue weighted by molar-refractivity contribution is 1.58. The molecule has 0 atom stereocenters. The van der Waals surface area contributed by atoms with Gasteiger partial charge in [0.25, 0.3) is 0 Å². The molecule has 0 aliphatic heterocycles. The maximum absolute atomic E-state index is 5.76. The first-order valence-corrected chi connectivity index (χ1v) is 5.26. The standard InChI is InChI=1S/C11H12N2S/c1-7-9(4-5-14-7)8-2-3-10(12)11(13)6-8/h2-6H,12-13H2,1H3. The summed E-state index contributed by atoms with van der Waals surface area (Å²) in [4.78, 5) is 1.30. The van der Waals surface area contributed by atoms with Gasteiger partial charge in [0.1, 0.15) is 0 Å². The molecule has 0 radical (unpaired) electrons. The van der Waals surface area contributed by atoms with Gasteiger partial charge < -0.3 is 11.5 Å². The molecule has 2 rings (SSSR count). The first-order valence-electron chi connectivity index (χ1n) is 4.38. The van der Waals surface area contributed by atoms with Crippen molar-refractivity contribution in [2.45, 2.75) is 6.92 Å². The molecule has 14 heavy (non-hydrogen) atoms. The normalized spacial score (nSPS) is 10.4. The fraction of sp³-hybridized carbons (Fsp3) is 0.0909. The summed E-state index contributed by atoms with van der Waals surface area (Å²) in [5.41, 5.74) is 15.1. The molecule has 4 N–H and O–H groups in total. The molecule has 0 spiro atoms. The van der Waals surface area contributed by atoms with E-state index in [4.69, 9.17) is 11.5 Å². The molecule has 2 nitrogen and oxygen atoms in total. The molecule has 0 bridgehead atoms. The fourth-order valence-corrected chi connectivity index (χ4v) is 2.15. The Hall–Kier alpha value is -1.48. The van der Waals surface area contributed by atoms with Crippen molar-refractivity contribution < 1.29 is 0 Å². The van der Waals surface area contributed by atoms with E-state index >= 15 is 0 Å². The first kappa shape index (κ1) is 9.09. The Bertz CT molecular complexity index is 460. The van der Waals surface area contributed by atoms with Crippen molar-refractivity contribution in [1.29, 1.82) is 0 Å². The van der Waals surface area contributed by atoms with Crippen LogP contribution in [0, 0.1) is 6.92 Å². The lowest BCUT2D eigenvalue weighted by Crippen LogP contribution is -1.94. The van der Waals surface area contributed by atoms with Crippen molar-refractivity contribution in [3.63, 3.8) is 0 Å². The second kappa shape index (κ2) is 3.35. The molecular weight excluding hydrogens is 192 g/mol. The molecule has 1 aromatic heterocycles. The van der Waals surface area contributed by atoms with Crippen LogP contribution in [0.3, 0.4) is 0 Å². The van der Waals surface area contributed by atoms with E-state index < -0.39 is 0 Å². The highest BCUT2D eigenvalue weighted by Gasteiger charge is 2.04. The molecule has 1 heterocycles. The SMILES string of the molecule is Cc1sccc1-c1ccc(N)c(N)c1. The number of thiophene rings is 1. The van der Waals surface area contributed by atoms with Gasteiger partial charge in [0.2, 0.25) is 0 Å². The van der Waals surface area contributed by atoms with E-state index in [1.165, 1.54) is 10.4 Å². The van der Waals surface area contributed by atoms with Crippen molar-refractivity contribution in [2.24, 2.45) is 0 Å². The Morgan fingerprint density at radius 3 is 2.43 bits per heavy atom. The van der Waals surface area contributed by atoms with Gasteiger partial charge >= 0.3 is 0 Å². The summed E-state index contributed by atoms with van der Waals surface area (Å²) in [6.07, 6.45) is 0. The number of benzene rings is 1. The fourth-order valence-electron chi connectivity index (χ4n) is 1.43.